The van der Waals surface area contributed by atoms with E-state index in [1.807, 2.05) is 6.20 Å². The van der Waals surface area contributed by atoms with Gasteiger partial charge in [-0.2, -0.15) is 0 Å². The highest BCUT2D eigenvalue weighted by atomic mass is 15.1. The first-order chi connectivity index (χ1) is 11.1. The van der Waals surface area contributed by atoms with E-state index in [0.717, 1.165) is 24.2 Å². The molecule has 0 N–H and O–H groups in total. The normalized spacial score (nSPS) is 13.6. The lowest BCUT2D eigenvalue weighted by atomic mass is 9.98. The number of aromatic nitrogens is 2. The van der Waals surface area contributed by atoms with Gasteiger partial charge in [-0.3, -0.25) is 0 Å². The summed E-state index contributed by atoms with van der Waals surface area (Å²) in [5, 5.41) is 1.20. The topological polar surface area (TPSA) is 21.1 Å². The molecule has 3 aromatic rings. The summed E-state index contributed by atoms with van der Waals surface area (Å²) < 4.78 is 2.11. The zero-order valence-corrected chi connectivity index (χ0v) is 13.9. The van der Waals surface area contributed by atoms with E-state index in [1.54, 1.807) is 0 Å². The van der Waals surface area contributed by atoms with Crippen molar-refractivity contribution < 1.29 is 0 Å². The van der Waals surface area contributed by atoms with E-state index in [4.69, 9.17) is 0 Å². The molecule has 23 heavy (non-hydrogen) atoms. The molecule has 0 atom stereocenters. The van der Waals surface area contributed by atoms with E-state index >= 15 is 0 Å². The Balaban J connectivity index is 2.00. The van der Waals surface area contributed by atoms with Crippen molar-refractivity contribution in [3.05, 3.63) is 54.4 Å². The minimum Gasteiger partial charge on any atom is -0.374 e. The first kappa shape index (κ1) is 14.1. The summed E-state index contributed by atoms with van der Waals surface area (Å²) >= 11 is 0. The van der Waals surface area contributed by atoms with E-state index in [2.05, 4.69) is 72.5 Å². The number of aryl methyl sites for hydroxylation is 1. The second-order valence-corrected chi connectivity index (χ2v) is 6.51. The molecule has 3 nitrogen and oxygen atoms in total. The van der Waals surface area contributed by atoms with Crippen LogP contribution in [0.2, 0.25) is 0 Å². The number of anilines is 1. The molecule has 0 aliphatic carbocycles. The summed E-state index contributed by atoms with van der Waals surface area (Å²) in [6, 6.07) is 8.88. The molecule has 0 spiro atoms. The molecule has 0 bridgehead atoms. The summed E-state index contributed by atoms with van der Waals surface area (Å²) in [4.78, 5) is 6.90. The second-order valence-electron chi connectivity index (χ2n) is 6.51. The second kappa shape index (κ2) is 4.98. The molecule has 1 aliphatic rings. The molecule has 3 heterocycles. The molecule has 0 fully saturated rings. The van der Waals surface area contributed by atoms with Crippen LogP contribution in [0.1, 0.15) is 18.1 Å². The number of pyridine rings is 1. The lowest BCUT2D eigenvalue weighted by Gasteiger charge is -2.13. The van der Waals surface area contributed by atoms with Crippen LogP contribution in [0.3, 0.4) is 0 Å². The van der Waals surface area contributed by atoms with Gasteiger partial charge in [-0.1, -0.05) is 24.3 Å². The van der Waals surface area contributed by atoms with Gasteiger partial charge in [0.2, 0.25) is 0 Å². The van der Waals surface area contributed by atoms with Crippen LogP contribution in [0, 0.1) is 0 Å². The highest BCUT2D eigenvalue weighted by molar-refractivity contribution is 6.01. The number of benzene rings is 1. The molecule has 2 aromatic heterocycles. The Morgan fingerprint density at radius 1 is 1.22 bits per heavy atom. The van der Waals surface area contributed by atoms with Gasteiger partial charge in [-0.25, -0.2) is 4.98 Å². The Bertz CT molecular complexity index is 933. The molecule has 1 aromatic carbocycles. The van der Waals surface area contributed by atoms with Gasteiger partial charge in [0.05, 0.1) is 0 Å². The standard InChI is InChI=1S/C20H21N3/c1-13(2)16-7-9-21-20-19(16)17(12-23(20)4)15-6-5-14-8-10-22(3)18(14)11-15/h5-7,9,11-12H,1,8,10H2,2-4H3. The van der Waals surface area contributed by atoms with Crippen LogP contribution in [0.25, 0.3) is 27.7 Å². The average Bonchev–Trinajstić information content (AvgIpc) is 3.08. The third-order valence-corrected chi connectivity index (χ3v) is 4.84. The quantitative estimate of drug-likeness (QED) is 0.705. The molecule has 0 unspecified atom stereocenters. The van der Waals surface area contributed by atoms with E-state index in [1.165, 1.54) is 33.3 Å². The van der Waals surface area contributed by atoms with Gasteiger partial charge in [0.25, 0.3) is 0 Å². The van der Waals surface area contributed by atoms with Gasteiger partial charge in [0, 0.05) is 49.7 Å². The van der Waals surface area contributed by atoms with Crippen molar-refractivity contribution in [3.63, 3.8) is 0 Å². The first-order valence-electron chi connectivity index (χ1n) is 8.00. The predicted octanol–water partition coefficient (Wildman–Crippen LogP) is 4.27. The van der Waals surface area contributed by atoms with Crippen LogP contribution >= 0.6 is 0 Å². The van der Waals surface area contributed by atoms with Crippen LogP contribution in [0.5, 0.6) is 0 Å². The number of hydrogen-bond donors (Lipinski definition) is 0. The van der Waals surface area contributed by atoms with E-state index < -0.39 is 0 Å². The maximum Gasteiger partial charge on any atom is 0.140 e. The number of fused-ring (bicyclic) bond motifs is 2. The molecule has 1 aliphatic heterocycles. The molecule has 0 saturated heterocycles. The summed E-state index contributed by atoms with van der Waals surface area (Å²) in [6.45, 7) is 7.31. The third-order valence-electron chi connectivity index (χ3n) is 4.84. The van der Waals surface area contributed by atoms with Crippen molar-refractivity contribution >= 4 is 22.3 Å². The van der Waals surface area contributed by atoms with Crippen LogP contribution in [0.4, 0.5) is 5.69 Å². The monoisotopic (exact) mass is 303 g/mol. The lowest BCUT2D eigenvalue weighted by molar-refractivity contribution is 0.949. The van der Waals surface area contributed by atoms with Crippen molar-refractivity contribution in [1.29, 1.82) is 0 Å². The number of likely N-dealkylation sites (N-methyl/N-ethyl adjacent to an activating group) is 1. The predicted molar refractivity (Wildman–Crippen MR) is 97.8 cm³/mol. The lowest BCUT2D eigenvalue weighted by Crippen LogP contribution is -2.12. The molecule has 4 rings (SSSR count). The zero-order chi connectivity index (χ0) is 16.1. The fourth-order valence-corrected chi connectivity index (χ4v) is 3.58. The molecule has 0 radical (unpaired) electrons. The van der Waals surface area contributed by atoms with Crippen LogP contribution < -0.4 is 4.90 Å². The average molecular weight is 303 g/mol. The van der Waals surface area contributed by atoms with Crippen molar-refractivity contribution in [2.75, 3.05) is 18.5 Å². The Kier molecular flexibility index (Phi) is 3.05. The number of hydrogen-bond acceptors (Lipinski definition) is 2. The van der Waals surface area contributed by atoms with Crippen molar-refractivity contribution in [2.45, 2.75) is 13.3 Å². The van der Waals surface area contributed by atoms with Crippen LogP contribution in [-0.4, -0.2) is 23.1 Å². The summed E-state index contributed by atoms with van der Waals surface area (Å²) in [5.41, 5.74) is 8.53. The largest absolute Gasteiger partial charge is 0.374 e. The Morgan fingerprint density at radius 3 is 2.83 bits per heavy atom. The summed E-state index contributed by atoms with van der Waals surface area (Å²) in [6.07, 6.45) is 5.19. The summed E-state index contributed by atoms with van der Waals surface area (Å²) in [7, 11) is 4.22. The Morgan fingerprint density at radius 2 is 2.04 bits per heavy atom. The van der Waals surface area contributed by atoms with Gasteiger partial charge in [-0.15, -0.1) is 0 Å². The van der Waals surface area contributed by atoms with Crippen LogP contribution in [0.15, 0.2) is 43.2 Å². The Hall–Kier alpha value is -2.55. The molecule has 116 valence electrons. The maximum atomic E-state index is 4.57. The van der Waals surface area contributed by atoms with Gasteiger partial charge >= 0.3 is 0 Å². The van der Waals surface area contributed by atoms with Gasteiger partial charge < -0.3 is 9.47 Å². The van der Waals surface area contributed by atoms with Gasteiger partial charge in [0.15, 0.2) is 0 Å². The molecule has 0 amide bonds. The fourth-order valence-electron chi connectivity index (χ4n) is 3.58. The maximum absolute atomic E-state index is 4.57. The smallest absolute Gasteiger partial charge is 0.140 e. The molecular formula is C20H21N3. The number of rotatable bonds is 2. The highest BCUT2D eigenvalue weighted by Crippen LogP contribution is 2.37. The van der Waals surface area contributed by atoms with Crippen molar-refractivity contribution in [1.82, 2.24) is 9.55 Å². The third kappa shape index (κ3) is 2.07. The van der Waals surface area contributed by atoms with Crippen molar-refractivity contribution in [3.8, 4) is 11.1 Å². The van der Waals surface area contributed by atoms with Gasteiger partial charge in [0.1, 0.15) is 5.65 Å². The minimum atomic E-state index is 1.01. The molecule has 3 heteroatoms. The molecular weight excluding hydrogens is 282 g/mol. The van der Waals surface area contributed by atoms with E-state index in [0.29, 0.717) is 0 Å². The first-order valence-corrected chi connectivity index (χ1v) is 8.00. The van der Waals surface area contributed by atoms with E-state index in [-0.39, 0.29) is 0 Å². The SMILES string of the molecule is C=C(C)c1ccnc2c1c(-c1ccc3c(c1)N(C)CC3)cn2C. The highest BCUT2D eigenvalue weighted by Gasteiger charge is 2.19. The summed E-state index contributed by atoms with van der Waals surface area (Å²) in [5.74, 6) is 0. The number of nitrogens with zero attached hydrogens (tertiary/aromatic N) is 3. The van der Waals surface area contributed by atoms with Crippen LogP contribution in [-0.2, 0) is 13.5 Å². The van der Waals surface area contributed by atoms with E-state index in [9.17, 15) is 0 Å². The zero-order valence-electron chi connectivity index (χ0n) is 13.9. The minimum absolute atomic E-state index is 1.01. The Labute approximate surface area is 136 Å². The van der Waals surface area contributed by atoms with Crippen molar-refractivity contribution in [2.24, 2.45) is 7.05 Å². The van der Waals surface area contributed by atoms with Gasteiger partial charge in [-0.05, 0) is 42.2 Å². The molecule has 0 saturated carbocycles. The number of allylic oxidation sites excluding steroid dienone is 1. The fraction of sp³-hybridized carbons (Fsp3) is 0.250.